The summed E-state index contributed by atoms with van der Waals surface area (Å²) in [6.07, 6.45) is 5.76. The highest BCUT2D eigenvalue weighted by molar-refractivity contribution is 7.15. The predicted octanol–water partition coefficient (Wildman–Crippen LogP) is 3.86. The van der Waals surface area contributed by atoms with Crippen molar-refractivity contribution in [1.29, 1.82) is 0 Å². The highest BCUT2D eigenvalue weighted by Crippen LogP contribution is 2.28. The Bertz CT molecular complexity index is 817. The van der Waals surface area contributed by atoms with Gasteiger partial charge in [-0.15, -0.1) is 11.3 Å². The minimum atomic E-state index is 0.0283. The number of thiazole rings is 1. The molecule has 1 N–H and O–H groups in total. The quantitative estimate of drug-likeness (QED) is 0.649. The van der Waals surface area contributed by atoms with Crippen LogP contribution in [0.1, 0.15) is 30.6 Å². The molecule has 1 aromatic carbocycles. The Balaban J connectivity index is 1.47. The Kier molecular flexibility index (Phi) is 7.93. The predicted molar refractivity (Wildman–Crippen MR) is 122 cm³/mol. The lowest BCUT2D eigenvalue weighted by Gasteiger charge is -2.32. The molecule has 1 fully saturated rings. The number of carbonyl (C=O) groups is 1. The van der Waals surface area contributed by atoms with Crippen LogP contribution in [0, 0.1) is 5.92 Å². The van der Waals surface area contributed by atoms with Gasteiger partial charge in [-0.2, -0.15) is 0 Å². The molecule has 0 aliphatic carbocycles. The minimum absolute atomic E-state index is 0.0283. The lowest BCUT2D eigenvalue weighted by Crippen LogP contribution is -2.35. The number of ether oxygens (including phenoxy) is 2. The molecule has 1 aromatic heterocycles. The lowest BCUT2D eigenvalue weighted by molar-refractivity contribution is -0.116. The summed E-state index contributed by atoms with van der Waals surface area (Å²) in [5.41, 5.74) is 0.698. The summed E-state index contributed by atoms with van der Waals surface area (Å²) in [4.78, 5) is 22.8. The first-order chi connectivity index (χ1) is 14.5. The van der Waals surface area contributed by atoms with Crippen LogP contribution in [0.5, 0.6) is 11.5 Å². The maximum Gasteiger partial charge on any atom is 0.224 e. The van der Waals surface area contributed by atoms with E-state index >= 15 is 0 Å². The summed E-state index contributed by atoms with van der Waals surface area (Å²) >= 11 is 1.75. The van der Waals surface area contributed by atoms with E-state index in [2.05, 4.69) is 15.2 Å². The fourth-order valence-corrected chi connectivity index (χ4v) is 4.64. The monoisotopic (exact) mass is 432 g/mol. The summed E-state index contributed by atoms with van der Waals surface area (Å²) in [5.74, 6) is 1.90. The van der Waals surface area contributed by atoms with Gasteiger partial charge in [0.1, 0.15) is 11.5 Å². The van der Waals surface area contributed by atoms with E-state index in [4.69, 9.17) is 9.47 Å². The molecule has 8 heteroatoms. The third-order valence-electron chi connectivity index (χ3n) is 5.32. The Labute approximate surface area is 183 Å². The van der Waals surface area contributed by atoms with E-state index in [-0.39, 0.29) is 5.91 Å². The number of amides is 1. The molecule has 0 radical (unpaired) electrons. The number of likely N-dealkylation sites (tertiary alicyclic amines) is 1. The van der Waals surface area contributed by atoms with Gasteiger partial charge in [-0.1, -0.05) is 0 Å². The average Bonchev–Trinajstić information content (AvgIpc) is 3.21. The molecule has 1 aliphatic heterocycles. The van der Waals surface area contributed by atoms with Crippen LogP contribution < -0.4 is 19.7 Å². The zero-order valence-electron chi connectivity index (χ0n) is 18.3. The molecule has 164 valence electrons. The average molecular weight is 433 g/mol. The highest BCUT2D eigenvalue weighted by atomic mass is 32.1. The van der Waals surface area contributed by atoms with Gasteiger partial charge in [-0.3, -0.25) is 9.69 Å². The van der Waals surface area contributed by atoms with Gasteiger partial charge in [-0.25, -0.2) is 4.98 Å². The number of carbonyl (C=O) groups excluding carboxylic acids is 1. The lowest BCUT2D eigenvalue weighted by atomic mass is 9.93. The molecule has 30 heavy (non-hydrogen) atoms. The molecule has 0 spiro atoms. The van der Waals surface area contributed by atoms with Crippen molar-refractivity contribution in [3.63, 3.8) is 0 Å². The number of benzene rings is 1. The van der Waals surface area contributed by atoms with Crippen molar-refractivity contribution in [3.05, 3.63) is 29.3 Å². The fraction of sp³-hybridized carbons (Fsp3) is 0.545. The summed E-state index contributed by atoms with van der Waals surface area (Å²) in [6, 6.07) is 5.40. The van der Waals surface area contributed by atoms with E-state index in [9.17, 15) is 4.79 Å². The third kappa shape index (κ3) is 6.34. The molecular formula is C22H32N4O3S. The second kappa shape index (κ2) is 10.6. The highest BCUT2D eigenvalue weighted by Gasteiger charge is 2.21. The van der Waals surface area contributed by atoms with Crippen molar-refractivity contribution in [2.45, 2.75) is 32.2 Å². The van der Waals surface area contributed by atoms with Crippen LogP contribution in [-0.2, 0) is 11.3 Å². The molecule has 0 bridgehead atoms. The van der Waals surface area contributed by atoms with Crippen molar-refractivity contribution in [3.8, 4) is 11.5 Å². The zero-order valence-corrected chi connectivity index (χ0v) is 19.1. The molecule has 1 atom stereocenters. The fourth-order valence-electron chi connectivity index (χ4n) is 3.77. The van der Waals surface area contributed by atoms with Gasteiger partial charge in [0.2, 0.25) is 5.91 Å². The van der Waals surface area contributed by atoms with Gasteiger partial charge in [0.15, 0.2) is 5.13 Å². The van der Waals surface area contributed by atoms with Crippen molar-refractivity contribution in [2.24, 2.45) is 5.92 Å². The zero-order chi connectivity index (χ0) is 21.5. The minimum Gasteiger partial charge on any atom is -0.497 e. The molecule has 7 nitrogen and oxygen atoms in total. The number of nitrogens with one attached hydrogen (secondary N) is 1. The third-order valence-corrected chi connectivity index (χ3v) is 6.47. The van der Waals surface area contributed by atoms with Crippen molar-refractivity contribution >= 4 is 28.1 Å². The molecule has 1 saturated heterocycles. The van der Waals surface area contributed by atoms with Gasteiger partial charge < -0.3 is 19.7 Å². The summed E-state index contributed by atoms with van der Waals surface area (Å²) in [6.45, 7) is 3.09. The number of piperidine rings is 1. The maximum absolute atomic E-state index is 12.5. The number of methoxy groups -OCH3 is 2. The van der Waals surface area contributed by atoms with E-state index in [0.29, 0.717) is 29.5 Å². The summed E-state index contributed by atoms with van der Waals surface area (Å²) in [7, 11) is 7.24. The summed E-state index contributed by atoms with van der Waals surface area (Å²) in [5, 5.41) is 4.02. The Morgan fingerprint density at radius 2 is 2.00 bits per heavy atom. The molecule has 0 saturated carbocycles. The van der Waals surface area contributed by atoms with Crippen LogP contribution in [0.4, 0.5) is 10.8 Å². The standard InChI is InChI=1S/C22H32N4O3S/c1-25(2)22-23-13-20(30-22)15-26-9-5-6-16(14-26)7-8-21(27)24-17-10-18(28-3)12-19(11-17)29-4/h10-13,16H,5-9,14-15H2,1-4H3,(H,24,27). The Morgan fingerprint density at radius 1 is 1.27 bits per heavy atom. The van der Waals surface area contributed by atoms with Crippen LogP contribution >= 0.6 is 11.3 Å². The second-order valence-corrected chi connectivity index (χ2v) is 9.03. The van der Waals surface area contributed by atoms with Gasteiger partial charge in [0.25, 0.3) is 0 Å². The smallest absolute Gasteiger partial charge is 0.224 e. The Hall–Kier alpha value is -2.32. The van der Waals surface area contributed by atoms with Crippen molar-refractivity contribution < 1.29 is 14.3 Å². The van der Waals surface area contributed by atoms with E-state index in [0.717, 1.165) is 31.2 Å². The maximum atomic E-state index is 12.5. The second-order valence-electron chi connectivity index (χ2n) is 7.94. The SMILES string of the molecule is COc1cc(NC(=O)CCC2CCCN(Cc3cnc(N(C)C)s3)C2)cc(OC)c1. The number of aromatic nitrogens is 1. The van der Waals surface area contributed by atoms with Crippen LogP contribution in [0.2, 0.25) is 0 Å². The van der Waals surface area contributed by atoms with Crippen LogP contribution in [-0.4, -0.2) is 57.2 Å². The van der Waals surface area contributed by atoms with Gasteiger partial charge in [0.05, 0.1) is 14.2 Å². The van der Waals surface area contributed by atoms with Crippen LogP contribution in [0.3, 0.4) is 0 Å². The van der Waals surface area contributed by atoms with Gasteiger partial charge in [-0.05, 0) is 31.7 Å². The molecule has 3 rings (SSSR count). The largest absolute Gasteiger partial charge is 0.497 e. The first kappa shape index (κ1) is 22.4. The first-order valence-electron chi connectivity index (χ1n) is 10.3. The molecule has 2 aromatic rings. The van der Waals surface area contributed by atoms with Crippen LogP contribution in [0.15, 0.2) is 24.4 Å². The summed E-state index contributed by atoms with van der Waals surface area (Å²) < 4.78 is 10.5. The number of rotatable bonds is 9. The Morgan fingerprint density at radius 3 is 2.63 bits per heavy atom. The van der Waals surface area contributed by atoms with E-state index < -0.39 is 0 Å². The van der Waals surface area contributed by atoms with Crippen molar-refractivity contribution in [1.82, 2.24) is 9.88 Å². The molecule has 1 unspecified atom stereocenters. The number of hydrogen-bond donors (Lipinski definition) is 1. The van der Waals surface area contributed by atoms with E-state index in [1.807, 2.05) is 25.2 Å². The van der Waals surface area contributed by atoms with Crippen molar-refractivity contribution in [2.75, 3.05) is 51.6 Å². The van der Waals surface area contributed by atoms with E-state index in [1.54, 1.807) is 43.8 Å². The number of nitrogens with zero attached hydrogens (tertiary/aromatic N) is 3. The van der Waals surface area contributed by atoms with Gasteiger partial charge >= 0.3 is 0 Å². The van der Waals surface area contributed by atoms with E-state index in [1.165, 1.54) is 17.7 Å². The molecule has 1 amide bonds. The molecule has 2 heterocycles. The number of anilines is 2. The van der Waals surface area contributed by atoms with Crippen LogP contribution in [0.25, 0.3) is 0 Å². The number of hydrogen-bond acceptors (Lipinski definition) is 7. The molecule has 1 aliphatic rings. The topological polar surface area (TPSA) is 66.9 Å². The molecular weight excluding hydrogens is 400 g/mol. The normalized spacial score (nSPS) is 16.9. The van der Waals surface area contributed by atoms with Gasteiger partial charge in [0, 0.05) is 68.6 Å². The first-order valence-corrected chi connectivity index (χ1v) is 11.2.